The minimum atomic E-state index is -1.14. The van der Waals surface area contributed by atoms with Crippen molar-refractivity contribution in [3.05, 3.63) is 88.0 Å². The summed E-state index contributed by atoms with van der Waals surface area (Å²) in [6, 6.07) is 15.3. The number of ether oxygens (including phenoxy) is 1. The molecule has 1 aliphatic carbocycles. The third kappa shape index (κ3) is 2.16. The van der Waals surface area contributed by atoms with Gasteiger partial charge < -0.3 is 14.9 Å². The van der Waals surface area contributed by atoms with E-state index in [0.717, 1.165) is 22.3 Å². The van der Waals surface area contributed by atoms with Gasteiger partial charge in [-0.05, 0) is 66.2 Å². The average Bonchev–Trinajstić information content (AvgIpc) is 2.94. The van der Waals surface area contributed by atoms with Gasteiger partial charge in [0.15, 0.2) is 5.60 Å². The molecule has 0 atom stereocenters. The molecular weight excluding hydrogens is 374 g/mol. The molecule has 1 heterocycles. The lowest BCUT2D eigenvalue weighted by molar-refractivity contribution is 0.0240. The Morgan fingerprint density at radius 2 is 1.54 bits per heavy atom. The Hall–Kier alpha value is -3.47. The number of thiocarbonyl (C=S) groups is 1. The van der Waals surface area contributed by atoms with E-state index in [1.165, 1.54) is 0 Å². The first-order chi connectivity index (χ1) is 13.5. The maximum Gasteiger partial charge on any atom is 0.340 e. The van der Waals surface area contributed by atoms with Gasteiger partial charge in [0.1, 0.15) is 11.5 Å². The Bertz CT molecular complexity index is 1180. The molecule has 28 heavy (non-hydrogen) atoms. The lowest BCUT2D eigenvalue weighted by atomic mass is 9.71. The van der Waals surface area contributed by atoms with Crippen LogP contribution in [0.5, 0.6) is 11.5 Å². The number of esters is 1. The fraction of sp³-hybridized carbons (Fsp3) is 0.0909. The number of carbonyl (C=O) groups excluding carboxylic acids is 1. The Morgan fingerprint density at radius 1 is 0.929 bits per heavy atom. The van der Waals surface area contributed by atoms with E-state index >= 15 is 0 Å². The molecule has 136 valence electrons. The van der Waals surface area contributed by atoms with Crippen LogP contribution in [0.4, 0.5) is 5.69 Å². The molecule has 3 aromatic rings. The minimum Gasteiger partial charge on any atom is -0.508 e. The van der Waals surface area contributed by atoms with Gasteiger partial charge in [-0.25, -0.2) is 4.79 Å². The number of phenolic OH excluding ortho intramolecular Hbond substituents is 2. The Balaban J connectivity index is 1.86. The molecule has 0 saturated heterocycles. The van der Waals surface area contributed by atoms with Crippen LogP contribution in [0.1, 0.15) is 38.2 Å². The lowest BCUT2D eigenvalue weighted by Crippen LogP contribution is -2.34. The lowest BCUT2D eigenvalue weighted by Gasteiger charge is -2.37. The minimum absolute atomic E-state index is 0.132. The molecule has 0 unspecified atom stereocenters. The van der Waals surface area contributed by atoms with E-state index in [4.69, 9.17) is 4.74 Å². The number of rotatable bonds is 1. The molecule has 0 saturated carbocycles. The highest BCUT2D eigenvalue weighted by Gasteiger charge is 2.52. The summed E-state index contributed by atoms with van der Waals surface area (Å²) in [7, 11) is 0. The molecule has 0 radical (unpaired) electrons. The Kier molecular flexibility index (Phi) is 3.43. The van der Waals surface area contributed by atoms with Crippen LogP contribution in [0.25, 0.3) is 0 Å². The number of benzene rings is 3. The summed E-state index contributed by atoms with van der Waals surface area (Å²) in [6.45, 7) is 0. The van der Waals surface area contributed by atoms with Crippen molar-refractivity contribution in [2.24, 2.45) is 4.99 Å². The van der Waals surface area contributed by atoms with Crippen molar-refractivity contribution in [2.45, 2.75) is 12.0 Å². The smallest absolute Gasteiger partial charge is 0.340 e. The van der Waals surface area contributed by atoms with E-state index in [9.17, 15) is 15.0 Å². The summed E-state index contributed by atoms with van der Waals surface area (Å²) in [4.78, 5) is 16.8. The van der Waals surface area contributed by atoms with Gasteiger partial charge >= 0.3 is 5.97 Å². The van der Waals surface area contributed by atoms with Crippen LogP contribution in [0.2, 0.25) is 0 Å². The van der Waals surface area contributed by atoms with Gasteiger partial charge in [-0.15, -0.1) is 0 Å². The van der Waals surface area contributed by atoms with Gasteiger partial charge in [-0.2, -0.15) is 4.99 Å². The van der Waals surface area contributed by atoms with Crippen LogP contribution in [-0.4, -0.2) is 21.3 Å². The first-order valence-corrected chi connectivity index (χ1v) is 9.04. The molecule has 0 amide bonds. The summed E-state index contributed by atoms with van der Waals surface area (Å²) in [6.07, 6.45) is 0.509. The van der Waals surface area contributed by atoms with Crippen molar-refractivity contribution in [1.29, 1.82) is 0 Å². The highest BCUT2D eigenvalue weighted by molar-refractivity contribution is 7.78. The predicted molar refractivity (Wildman–Crippen MR) is 105 cm³/mol. The fourth-order valence-electron chi connectivity index (χ4n) is 4.27. The first kappa shape index (κ1) is 16.7. The third-order valence-electron chi connectivity index (χ3n) is 5.34. The second-order valence-electron chi connectivity index (χ2n) is 6.86. The number of nitrogens with zero attached hydrogens (tertiary/aromatic N) is 1. The molecule has 0 fully saturated rings. The molecule has 2 N–H and O–H groups in total. The molecule has 1 aliphatic heterocycles. The van der Waals surface area contributed by atoms with E-state index in [2.05, 4.69) is 22.4 Å². The quantitative estimate of drug-likeness (QED) is 0.372. The molecule has 0 bridgehead atoms. The molecule has 5 rings (SSSR count). The maximum absolute atomic E-state index is 12.8. The number of hydrogen-bond donors (Lipinski definition) is 2. The average molecular weight is 387 g/mol. The Morgan fingerprint density at radius 3 is 2.14 bits per heavy atom. The Labute approximate surface area is 165 Å². The topological polar surface area (TPSA) is 79.1 Å². The standard InChI is InChI=1S/C22H13NO4S/c24-15-2-5-18-12(8-15)7-13-9-16(25)3-6-19(13)22(18)20-4-1-14(23-11-28)10-17(20)21(26)27-22/h1-6,8-10,24-25H,7H2. The molecule has 3 aromatic carbocycles. The predicted octanol–water partition coefficient (Wildman–Crippen LogP) is 4.20. The highest BCUT2D eigenvalue weighted by Crippen LogP contribution is 2.53. The molecular formula is C22H13NO4S. The van der Waals surface area contributed by atoms with Crippen molar-refractivity contribution in [2.75, 3.05) is 0 Å². The number of aromatic hydroxyl groups is 2. The fourth-order valence-corrected chi connectivity index (χ4v) is 4.37. The first-order valence-electron chi connectivity index (χ1n) is 8.63. The third-order valence-corrected chi connectivity index (χ3v) is 5.43. The number of fused-ring (bicyclic) bond motifs is 6. The zero-order valence-electron chi connectivity index (χ0n) is 14.5. The van der Waals surface area contributed by atoms with E-state index in [0.29, 0.717) is 23.2 Å². The van der Waals surface area contributed by atoms with Crippen molar-refractivity contribution in [3.8, 4) is 11.5 Å². The van der Waals surface area contributed by atoms with Gasteiger partial charge in [0.2, 0.25) is 0 Å². The second-order valence-corrected chi connectivity index (χ2v) is 7.05. The van der Waals surface area contributed by atoms with Crippen molar-refractivity contribution in [3.63, 3.8) is 0 Å². The van der Waals surface area contributed by atoms with Crippen LogP contribution in [0.3, 0.4) is 0 Å². The number of carbonyl (C=O) groups is 1. The molecule has 5 nitrogen and oxygen atoms in total. The number of isothiocyanates is 1. The summed E-state index contributed by atoms with van der Waals surface area (Å²) < 4.78 is 6.04. The molecule has 0 aromatic heterocycles. The zero-order valence-corrected chi connectivity index (χ0v) is 15.3. The van der Waals surface area contributed by atoms with Crippen LogP contribution < -0.4 is 0 Å². The summed E-state index contributed by atoms with van der Waals surface area (Å²) >= 11 is 4.66. The number of hydrogen-bond acceptors (Lipinski definition) is 6. The molecule has 1 spiro atoms. The van der Waals surface area contributed by atoms with Crippen LogP contribution in [0.15, 0.2) is 59.6 Å². The largest absolute Gasteiger partial charge is 0.508 e. The van der Waals surface area contributed by atoms with E-state index in [1.54, 1.807) is 48.5 Å². The van der Waals surface area contributed by atoms with Gasteiger partial charge in [0, 0.05) is 16.7 Å². The number of phenols is 2. The van der Waals surface area contributed by atoms with Gasteiger partial charge in [-0.3, -0.25) is 0 Å². The maximum atomic E-state index is 12.8. The van der Waals surface area contributed by atoms with E-state index < -0.39 is 11.6 Å². The van der Waals surface area contributed by atoms with Crippen LogP contribution in [0, 0.1) is 0 Å². The van der Waals surface area contributed by atoms with Crippen molar-refractivity contribution < 1.29 is 19.7 Å². The summed E-state index contributed by atoms with van der Waals surface area (Å²) in [5.41, 5.74) is 3.74. The summed E-state index contributed by atoms with van der Waals surface area (Å²) in [5, 5.41) is 22.3. The SMILES string of the molecule is O=C1OC2(c3ccc(O)cc3Cc3cc(O)ccc32)c2ccc(N=C=S)cc21. The zero-order chi connectivity index (χ0) is 19.5. The van der Waals surface area contributed by atoms with Crippen molar-refractivity contribution in [1.82, 2.24) is 0 Å². The van der Waals surface area contributed by atoms with Crippen LogP contribution >= 0.6 is 12.2 Å². The van der Waals surface area contributed by atoms with E-state index in [-0.39, 0.29) is 11.5 Å². The monoisotopic (exact) mass is 387 g/mol. The van der Waals surface area contributed by atoms with Crippen molar-refractivity contribution >= 4 is 29.0 Å². The highest BCUT2D eigenvalue weighted by atomic mass is 32.1. The summed E-state index contributed by atoms with van der Waals surface area (Å²) in [5.74, 6) is -0.197. The van der Waals surface area contributed by atoms with Gasteiger partial charge in [-0.1, -0.05) is 18.2 Å². The molecule has 2 aliphatic rings. The molecule has 6 heteroatoms. The van der Waals surface area contributed by atoms with Gasteiger partial charge in [0.25, 0.3) is 0 Å². The second kappa shape index (κ2) is 5.76. The van der Waals surface area contributed by atoms with Gasteiger partial charge in [0.05, 0.1) is 16.4 Å². The van der Waals surface area contributed by atoms with E-state index in [1.807, 2.05) is 6.07 Å². The normalized spacial score (nSPS) is 15.2. The van der Waals surface area contributed by atoms with Crippen LogP contribution in [-0.2, 0) is 16.8 Å². The number of aliphatic imine (C=N–C) groups is 1.